The molecule has 0 bridgehead atoms. The summed E-state index contributed by atoms with van der Waals surface area (Å²) < 4.78 is 4.53. The van der Waals surface area contributed by atoms with E-state index in [2.05, 4.69) is 15.4 Å². The molecule has 0 unspecified atom stereocenters. The molecule has 0 saturated heterocycles. The van der Waals surface area contributed by atoms with Crippen molar-refractivity contribution in [3.05, 3.63) is 35.4 Å². The highest BCUT2D eigenvalue weighted by atomic mass is 32.2. The van der Waals surface area contributed by atoms with Crippen LogP contribution in [0.1, 0.15) is 28.8 Å². The summed E-state index contributed by atoms with van der Waals surface area (Å²) in [4.78, 5) is 35.6. The Morgan fingerprint density at radius 1 is 1.21 bits per heavy atom. The molecule has 1 aromatic carbocycles. The number of methoxy groups -OCH3 is 1. The number of amides is 2. The van der Waals surface area contributed by atoms with Gasteiger partial charge in [0.05, 0.1) is 13.5 Å². The van der Waals surface area contributed by atoms with Crippen LogP contribution in [0.5, 0.6) is 0 Å². The molecule has 0 aliphatic heterocycles. The summed E-state index contributed by atoms with van der Waals surface area (Å²) in [6, 6.07) is 6.52. The summed E-state index contributed by atoms with van der Waals surface area (Å²) in [5, 5.41) is 5.42. The van der Waals surface area contributed by atoms with Gasteiger partial charge in [0.2, 0.25) is 5.91 Å². The summed E-state index contributed by atoms with van der Waals surface area (Å²) in [5.74, 6) is -0.235. The van der Waals surface area contributed by atoms with Crippen LogP contribution in [-0.2, 0) is 14.3 Å². The average Bonchev–Trinajstić information content (AvgIpc) is 2.58. The average molecular weight is 352 g/mol. The fourth-order valence-corrected chi connectivity index (χ4v) is 2.44. The zero-order chi connectivity index (χ0) is 17.9. The van der Waals surface area contributed by atoms with Gasteiger partial charge in [0.25, 0.3) is 5.91 Å². The Kier molecular flexibility index (Phi) is 8.93. The second-order valence-corrected chi connectivity index (χ2v) is 6.28. The van der Waals surface area contributed by atoms with Gasteiger partial charge in [-0.2, -0.15) is 11.8 Å². The van der Waals surface area contributed by atoms with E-state index in [4.69, 9.17) is 0 Å². The Balaban J connectivity index is 2.62. The second-order valence-electron chi connectivity index (χ2n) is 5.29. The van der Waals surface area contributed by atoms with E-state index in [1.807, 2.05) is 25.3 Å². The van der Waals surface area contributed by atoms with E-state index in [0.717, 1.165) is 11.3 Å². The van der Waals surface area contributed by atoms with Gasteiger partial charge in [-0.3, -0.25) is 14.4 Å². The smallest absolute Gasteiger partial charge is 0.307 e. The first-order chi connectivity index (χ1) is 11.5. The summed E-state index contributed by atoms with van der Waals surface area (Å²) in [5.41, 5.74) is 1.57. The van der Waals surface area contributed by atoms with Crippen LogP contribution in [0.2, 0.25) is 0 Å². The highest BCUT2D eigenvalue weighted by Crippen LogP contribution is 2.06. The molecule has 24 heavy (non-hydrogen) atoms. The SMILES string of the molecule is COC(=O)CCNC(=O)[C@@H](CCSC)NC(=O)c1ccc(C)cc1. The largest absolute Gasteiger partial charge is 0.469 e. The number of nitrogens with one attached hydrogen (secondary N) is 2. The van der Waals surface area contributed by atoms with Gasteiger partial charge in [-0.05, 0) is 37.5 Å². The highest BCUT2D eigenvalue weighted by molar-refractivity contribution is 7.98. The zero-order valence-corrected chi connectivity index (χ0v) is 15.1. The van der Waals surface area contributed by atoms with Gasteiger partial charge in [0.1, 0.15) is 6.04 Å². The lowest BCUT2D eigenvalue weighted by atomic mass is 10.1. The minimum absolute atomic E-state index is 0.101. The van der Waals surface area contributed by atoms with Crippen molar-refractivity contribution in [3.63, 3.8) is 0 Å². The molecule has 2 N–H and O–H groups in total. The van der Waals surface area contributed by atoms with Gasteiger partial charge in [-0.1, -0.05) is 17.7 Å². The van der Waals surface area contributed by atoms with Crippen molar-refractivity contribution in [1.29, 1.82) is 0 Å². The Morgan fingerprint density at radius 3 is 2.46 bits per heavy atom. The molecule has 1 aromatic rings. The standard InChI is InChI=1S/C17H24N2O4S/c1-12-4-6-13(7-5-12)16(21)19-14(9-11-24-3)17(22)18-10-8-15(20)23-2/h4-7,14H,8-11H2,1-3H3,(H,18,22)(H,19,21)/t14-/m1/s1. The van der Waals surface area contributed by atoms with Crippen LogP contribution >= 0.6 is 11.8 Å². The monoisotopic (exact) mass is 352 g/mol. The van der Waals surface area contributed by atoms with Crippen molar-refractivity contribution < 1.29 is 19.1 Å². The van der Waals surface area contributed by atoms with Crippen molar-refractivity contribution in [2.75, 3.05) is 25.7 Å². The maximum Gasteiger partial charge on any atom is 0.307 e. The second kappa shape index (κ2) is 10.7. The number of carbonyl (C=O) groups excluding carboxylic acids is 3. The number of benzene rings is 1. The number of esters is 1. The molecule has 0 radical (unpaired) electrons. The van der Waals surface area contributed by atoms with Crippen molar-refractivity contribution in [3.8, 4) is 0 Å². The molecule has 0 aliphatic rings. The molecule has 1 rings (SSSR count). The molecule has 0 aliphatic carbocycles. The first kappa shape index (κ1) is 20.0. The summed E-state index contributed by atoms with van der Waals surface area (Å²) in [6.45, 7) is 2.12. The first-order valence-electron chi connectivity index (χ1n) is 7.69. The van der Waals surface area contributed by atoms with Crippen molar-refractivity contribution >= 4 is 29.5 Å². The molecular formula is C17H24N2O4S. The van der Waals surface area contributed by atoms with Crippen LogP contribution in [0.4, 0.5) is 0 Å². The normalized spacial score (nSPS) is 11.5. The van der Waals surface area contributed by atoms with E-state index < -0.39 is 6.04 Å². The number of rotatable bonds is 9. The maximum atomic E-state index is 12.3. The van der Waals surface area contributed by atoms with E-state index in [9.17, 15) is 14.4 Å². The molecule has 0 fully saturated rings. The van der Waals surface area contributed by atoms with E-state index >= 15 is 0 Å². The van der Waals surface area contributed by atoms with Gasteiger partial charge in [-0.25, -0.2) is 0 Å². The number of hydrogen-bond donors (Lipinski definition) is 2. The fraction of sp³-hybridized carbons (Fsp3) is 0.471. The van der Waals surface area contributed by atoms with Gasteiger partial charge in [0, 0.05) is 12.1 Å². The molecule has 132 valence electrons. The van der Waals surface area contributed by atoms with Crippen LogP contribution in [-0.4, -0.2) is 49.5 Å². The molecule has 0 aromatic heterocycles. The van der Waals surface area contributed by atoms with E-state index in [1.165, 1.54) is 7.11 Å². The van der Waals surface area contributed by atoms with Crippen molar-refractivity contribution in [1.82, 2.24) is 10.6 Å². The van der Waals surface area contributed by atoms with Crippen LogP contribution < -0.4 is 10.6 Å². The van der Waals surface area contributed by atoms with Crippen LogP contribution in [0.15, 0.2) is 24.3 Å². The maximum absolute atomic E-state index is 12.3. The van der Waals surface area contributed by atoms with Crippen LogP contribution in [0.3, 0.4) is 0 Å². The zero-order valence-electron chi connectivity index (χ0n) is 14.3. The van der Waals surface area contributed by atoms with E-state index in [-0.39, 0.29) is 30.7 Å². The number of carbonyl (C=O) groups is 3. The lowest BCUT2D eigenvalue weighted by Crippen LogP contribution is -2.47. The van der Waals surface area contributed by atoms with Crippen molar-refractivity contribution in [2.45, 2.75) is 25.8 Å². The minimum Gasteiger partial charge on any atom is -0.469 e. The minimum atomic E-state index is -0.635. The van der Waals surface area contributed by atoms with E-state index in [1.54, 1.807) is 23.9 Å². The molecule has 7 heteroatoms. The Labute approximate surface area is 146 Å². The Hall–Kier alpha value is -2.02. The quantitative estimate of drug-likeness (QED) is 0.659. The highest BCUT2D eigenvalue weighted by Gasteiger charge is 2.21. The van der Waals surface area contributed by atoms with E-state index in [0.29, 0.717) is 12.0 Å². The lowest BCUT2D eigenvalue weighted by molar-refractivity contribution is -0.140. The topological polar surface area (TPSA) is 84.5 Å². The molecule has 0 heterocycles. The molecule has 6 nitrogen and oxygen atoms in total. The number of ether oxygens (including phenoxy) is 1. The molecule has 2 amide bonds. The third-order valence-electron chi connectivity index (χ3n) is 3.40. The Morgan fingerprint density at radius 2 is 1.88 bits per heavy atom. The summed E-state index contributed by atoms with van der Waals surface area (Å²) >= 11 is 1.60. The van der Waals surface area contributed by atoms with Gasteiger partial charge in [-0.15, -0.1) is 0 Å². The number of hydrogen-bond acceptors (Lipinski definition) is 5. The predicted octanol–water partition coefficient (Wildman–Crippen LogP) is 1.53. The number of aryl methyl sites for hydroxylation is 1. The lowest BCUT2D eigenvalue weighted by Gasteiger charge is -2.18. The third kappa shape index (κ3) is 7.04. The van der Waals surface area contributed by atoms with Crippen LogP contribution in [0, 0.1) is 6.92 Å². The summed E-state index contributed by atoms with van der Waals surface area (Å²) in [7, 11) is 1.30. The molecule has 0 spiro atoms. The fourth-order valence-electron chi connectivity index (χ4n) is 1.96. The van der Waals surface area contributed by atoms with Crippen LogP contribution in [0.25, 0.3) is 0 Å². The molecule has 0 saturated carbocycles. The molecular weight excluding hydrogens is 328 g/mol. The Bertz CT molecular complexity index is 560. The van der Waals surface area contributed by atoms with Gasteiger partial charge in [0.15, 0.2) is 0 Å². The molecule has 1 atom stereocenters. The first-order valence-corrected chi connectivity index (χ1v) is 9.08. The van der Waals surface area contributed by atoms with Gasteiger partial charge >= 0.3 is 5.97 Å². The summed E-state index contributed by atoms with van der Waals surface area (Å²) in [6.07, 6.45) is 2.56. The number of thioether (sulfide) groups is 1. The third-order valence-corrected chi connectivity index (χ3v) is 4.05. The van der Waals surface area contributed by atoms with Gasteiger partial charge < -0.3 is 15.4 Å². The predicted molar refractivity (Wildman–Crippen MR) is 95.1 cm³/mol. The van der Waals surface area contributed by atoms with Crippen molar-refractivity contribution in [2.24, 2.45) is 0 Å².